The Hall–Kier alpha value is -2.37. The molecular weight excluding hydrogens is 723 g/mol. The van der Waals surface area contributed by atoms with Crippen molar-refractivity contribution in [2.75, 3.05) is 26.4 Å². The van der Waals surface area contributed by atoms with Crippen molar-refractivity contribution >= 4 is 19.8 Å². The number of ether oxygens (including phenoxy) is 2. The van der Waals surface area contributed by atoms with Crippen LogP contribution in [0, 0.1) is 5.92 Å². The number of allylic oxidation sites excluding steroid dienone is 8. The maximum atomic E-state index is 12.6. The first kappa shape index (κ1) is 52.6. The summed E-state index contributed by atoms with van der Waals surface area (Å²) in [4.78, 5) is 34.9. The molecule has 0 aliphatic rings. The molecule has 11 nitrogen and oxygen atoms in total. The lowest BCUT2D eigenvalue weighted by atomic mass is 9.99. The first-order chi connectivity index (χ1) is 26.5. The standard InChI is InChI=1S/C43H75O11P/c1-4-6-30-39(45)31-26-22-18-14-9-7-8-10-16-20-24-28-33-43(48)54-41(37-53-55(49,50)52-35-40(46)34-44)36-51-42(47)32-27-23-19-15-12-11-13-17-21-25-29-38(3)5-2/h6-8,14,16,18,20,22,26,30,38-41,44-46H,4-5,9-13,15,17,19,21,23-25,27-29,31-37H2,1-3H3,(H,49,50)/b8-7-,18-14-,20-16-,26-22+,30-6-/t38?,39?,40-,41+/m0/s1. The van der Waals surface area contributed by atoms with Gasteiger partial charge in [0.15, 0.2) is 6.10 Å². The van der Waals surface area contributed by atoms with E-state index >= 15 is 0 Å². The summed E-state index contributed by atoms with van der Waals surface area (Å²) >= 11 is 0. The van der Waals surface area contributed by atoms with Crippen LogP contribution < -0.4 is 0 Å². The Morgan fingerprint density at radius 1 is 0.691 bits per heavy atom. The van der Waals surface area contributed by atoms with E-state index in [0.29, 0.717) is 25.7 Å². The molecule has 0 heterocycles. The second-order valence-electron chi connectivity index (χ2n) is 14.1. The molecule has 0 spiro atoms. The monoisotopic (exact) mass is 799 g/mol. The number of esters is 2. The zero-order valence-electron chi connectivity index (χ0n) is 34.1. The molecule has 0 aliphatic carbocycles. The first-order valence-electron chi connectivity index (χ1n) is 20.7. The summed E-state index contributed by atoms with van der Waals surface area (Å²) in [6.45, 7) is 4.38. The summed E-state index contributed by atoms with van der Waals surface area (Å²) < 4.78 is 32.6. The number of hydrogen-bond donors (Lipinski definition) is 4. The van der Waals surface area contributed by atoms with Crippen LogP contribution in [0.5, 0.6) is 0 Å². The molecule has 0 fully saturated rings. The van der Waals surface area contributed by atoms with E-state index in [4.69, 9.17) is 19.1 Å². The number of rotatable bonds is 37. The third-order valence-corrected chi connectivity index (χ3v) is 9.75. The summed E-state index contributed by atoms with van der Waals surface area (Å²) in [6.07, 6.45) is 35.4. The minimum absolute atomic E-state index is 0.0864. The van der Waals surface area contributed by atoms with Crippen LogP contribution in [-0.2, 0) is 32.7 Å². The lowest BCUT2D eigenvalue weighted by molar-refractivity contribution is -0.161. The highest BCUT2D eigenvalue weighted by molar-refractivity contribution is 7.47. The maximum Gasteiger partial charge on any atom is 0.472 e. The molecule has 0 aliphatic heterocycles. The van der Waals surface area contributed by atoms with E-state index in [1.165, 1.54) is 51.4 Å². The Balaban J connectivity index is 4.48. The molecule has 0 saturated carbocycles. The van der Waals surface area contributed by atoms with Crippen LogP contribution in [0.3, 0.4) is 0 Å². The molecule has 0 bridgehead atoms. The van der Waals surface area contributed by atoms with Crippen LogP contribution in [0.15, 0.2) is 60.8 Å². The van der Waals surface area contributed by atoms with Crippen molar-refractivity contribution < 1.29 is 52.9 Å². The predicted molar refractivity (Wildman–Crippen MR) is 220 cm³/mol. The highest BCUT2D eigenvalue weighted by atomic mass is 31.2. The third-order valence-electron chi connectivity index (χ3n) is 8.80. The quantitative estimate of drug-likeness (QED) is 0.0155. The Bertz CT molecular complexity index is 1130. The normalized spacial score (nSPS) is 15.7. The van der Waals surface area contributed by atoms with E-state index in [0.717, 1.165) is 44.4 Å². The van der Waals surface area contributed by atoms with Crippen molar-refractivity contribution in [3.05, 3.63) is 60.8 Å². The Morgan fingerprint density at radius 3 is 1.93 bits per heavy atom. The molecule has 0 aromatic rings. The molecule has 0 amide bonds. The number of aliphatic hydroxyl groups is 3. The van der Waals surface area contributed by atoms with Gasteiger partial charge in [-0.2, -0.15) is 0 Å². The highest BCUT2D eigenvalue weighted by Gasteiger charge is 2.27. The van der Waals surface area contributed by atoms with Gasteiger partial charge in [-0.3, -0.25) is 18.6 Å². The van der Waals surface area contributed by atoms with Crippen molar-refractivity contribution in [2.24, 2.45) is 5.92 Å². The Morgan fingerprint density at radius 2 is 1.27 bits per heavy atom. The molecule has 0 radical (unpaired) electrons. The van der Waals surface area contributed by atoms with Crippen molar-refractivity contribution in [2.45, 2.75) is 167 Å². The molecule has 55 heavy (non-hydrogen) atoms. The van der Waals surface area contributed by atoms with Gasteiger partial charge in [-0.1, -0.05) is 152 Å². The average molecular weight is 799 g/mol. The molecule has 12 heteroatoms. The summed E-state index contributed by atoms with van der Waals surface area (Å²) in [5.41, 5.74) is 0. The smallest absolute Gasteiger partial charge is 0.462 e. The fraction of sp³-hybridized carbons (Fsp3) is 0.721. The number of aliphatic hydroxyl groups excluding tert-OH is 3. The van der Waals surface area contributed by atoms with E-state index in [-0.39, 0.29) is 19.4 Å². The Labute approximate surface area is 332 Å². The lowest BCUT2D eigenvalue weighted by Gasteiger charge is -2.20. The summed E-state index contributed by atoms with van der Waals surface area (Å²) in [6, 6.07) is 0. The molecule has 0 aromatic carbocycles. The van der Waals surface area contributed by atoms with Gasteiger partial charge in [-0.25, -0.2) is 4.57 Å². The molecule has 0 saturated heterocycles. The van der Waals surface area contributed by atoms with Crippen molar-refractivity contribution in [3.63, 3.8) is 0 Å². The van der Waals surface area contributed by atoms with E-state index in [1.54, 1.807) is 6.08 Å². The highest BCUT2D eigenvalue weighted by Crippen LogP contribution is 2.43. The molecule has 0 rings (SSSR count). The van der Waals surface area contributed by atoms with E-state index < -0.39 is 57.9 Å². The van der Waals surface area contributed by atoms with Gasteiger partial charge in [0.25, 0.3) is 0 Å². The lowest BCUT2D eigenvalue weighted by Crippen LogP contribution is -2.29. The summed E-state index contributed by atoms with van der Waals surface area (Å²) in [5, 5.41) is 28.1. The van der Waals surface area contributed by atoms with Gasteiger partial charge in [-0.15, -0.1) is 0 Å². The average Bonchev–Trinajstić information content (AvgIpc) is 3.17. The SMILES string of the molecule is CC/C=C\C(O)C/C=C/C=C\C/C=C\C/C=C\CCCC(=O)O[C@H](COC(=O)CCCCCCCCCCCCC(C)CC)COP(=O)(O)OC[C@@H](O)CO. The van der Waals surface area contributed by atoms with Crippen molar-refractivity contribution in [1.82, 2.24) is 0 Å². The maximum absolute atomic E-state index is 12.6. The summed E-state index contributed by atoms with van der Waals surface area (Å²) in [7, 11) is -4.64. The zero-order valence-corrected chi connectivity index (χ0v) is 35.0. The second-order valence-corrected chi connectivity index (χ2v) is 15.5. The van der Waals surface area contributed by atoms with Gasteiger partial charge >= 0.3 is 19.8 Å². The molecule has 0 aromatic heterocycles. The minimum atomic E-state index is -4.64. The molecular formula is C43H75O11P. The van der Waals surface area contributed by atoms with Crippen LogP contribution in [0.25, 0.3) is 0 Å². The fourth-order valence-corrected chi connectivity index (χ4v) is 5.99. The first-order valence-corrected chi connectivity index (χ1v) is 22.2. The van der Waals surface area contributed by atoms with Gasteiger partial charge in [0, 0.05) is 12.8 Å². The van der Waals surface area contributed by atoms with Gasteiger partial charge < -0.3 is 29.7 Å². The van der Waals surface area contributed by atoms with E-state index in [9.17, 15) is 29.3 Å². The molecule has 4 N–H and O–H groups in total. The number of carbonyl (C=O) groups excluding carboxylic acids is 2. The number of carbonyl (C=O) groups is 2. The topological polar surface area (TPSA) is 169 Å². The number of phosphoric ester groups is 1. The van der Waals surface area contributed by atoms with Crippen LogP contribution in [0.4, 0.5) is 0 Å². The van der Waals surface area contributed by atoms with Gasteiger partial charge in [-0.05, 0) is 50.9 Å². The second kappa shape index (κ2) is 37.2. The Kier molecular flexibility index (Phi) is 35.6. The molecule has 3 unspecified atom stereocenters. The van der Waals surface area contributed by atoms with Crippen LogP contribution in [-0.4, -0.2) is 76.9 Å². The van der Waals surface area contributed by atoms with Crippen LogP contribution in [0.2, 0.25) is 0 Å². The molecule has 318 valence electrons. The van der Waals surface area contributed by atoms with Crippen LogP contribution in [0.1, 0.15) is 149 Å². The van der Waals surface area contributed by atoms with E-state index in [2.05, 4.69) is 30.5 Å². The number of phosphoric acid groups is 1. The van der Waals surface area contributed by atoms with Crippen molar-refractivity contribution in [3.8, 4) is 0 Å². The minimum Gasteiger partial charge on any atom is -0.462 e. The summed E-state index contributed by atoms with van der Waals surface area (Å²) in [5.74, 6) is -0.188. The van der Waals surface area contributed by atoms with Gasteiger partial charge in [0.2, 0.25) is 0 Å². The van der Waals surface area contributed by atoms with Crippen LogP contribution >= 0.6 is 7.82 Å². The van der Waals surface area contributed by atoms with Crippen molar-refractivity contribution in [1.29, 1.82) is 0 Å². The van der Waals surface area contributed by atoms with Gasteiger partial charge in [0.05, 0.1) is 25.9 Å². The van der Waals surface area contributed by atoms with E-state index in [1.807, 2.05) is 49.5 Å². The molecule has 5 atom stereocenters. The largest absolute Gasteiger partial charge is 0.472 e. The third kappa shape index (κ3) is 37.0. The zero-order chi connectivity index (χ0) is 40.8. The number of hydrogen-bond acceptors (Lipinski definition) is 10. The van der Waals surface area contributed by atoms with Gasteiger partial charge in [0.1, 0.15) is 12.7 Å². The fourth-order valence-electron chi connectivity index (χ4n) is 5.20. The number of unbranched alkanes of at least 4 members (excludes halogenated alkanes) is 10. The predicted octanol–water partition coefficient (Wildman–Crippen LogP) is 9.55.